The van der Waals surface area contributed by atoms with Crippen molar-refractivity contribution in [1.82, 2.24) is 15.4 Å². The molecule has 1 unspecified atom stereocenters. The minimum absolute atomic E-state index is 0.118. The van der Waals surface area contributed by atoms with Gasteiger partial charge in [-0.2, -0.15) is 0 Å². The van der Waals surface area contributed by atoms with Crippen LogP contribution in [-0.4, -0.2) is 41.6 Å². The van der Waals surface area contributed by atoms with E-state index < -0.39 is 0 Å². The quantitative estimate of drug-likeness (QED) is 0.863. The highest BCUT2D eigenvalue weighted by Crippen LogP contribution is 2.16. The number of carbonyl (C=O) groups is 1. The lowest BCUT2D eigenvalue weighted by Gasteiger charge is -2.22. The minimum Gasteiger partial charge on any atom is -0.361 e. The largest absolute Gasteiger partial charge is 0.361 e. The number of hydrogen-bond donors (Lipinski definition) is 1. The lowest BCUT2D eigenvalue weighted by Crippen LogP contribution is -2.40. The van der Waals surface area contributed by atoms with Crippen LogP contribution in [0.4, 0.5) is 0 Å². The highest BCUT2D eigenvalue weighted by molar-refractivity contribution is 5.76. The molecule has 0 aromatic carbocycles. The molecule has 112 valence electrons. The molecule has 5 nitrogen and oxygen atoms in total. The first-order chi connectivity index (χ1) is 9.61. The van der Waals surface area contributed by atoms with Gasteiger partial charge in [0.1, 0.15) is 5.76 Å². The van der Waals surface area contributed by atoms with Gasteiger partial charge in [-0.05, 0) is 46.2 Å². The topological polar surface area (TPSA) is 58.4 Å². The number of hydrogen-bond acceptors (Lipinski definition) is 4. The summed E-state index contributed by atoms with van der Waals surface area (Å²) in [4.78, 5) is 14.4. The summed E-state index contributed by atoms with van der Waals surface area (Å²) < 4.78 is 5.11. The van der Waals surface area contributed by atoms with Crippen molar-refractivity contribution < 1.29 is 9.32 Å². The first-order valence-corrected chi connectivity index (χ1v) is 7.54. The van der Waals surface area contributed by atoms with Crippen LogP contribution in [0.2, 0.25) is 0 Å². The van der Waals surface area contributed by atoms with Crippen LogP contribution in [0.5, 0.6) is 0 Å². The first kappa shape index (κ1) is 15.0. The van der Waals surface area contributed by atoms with Crippen molar-refractivity contribution >= 4 is 5.91 Å². The number of aromatic nitrogens is 1. The van der Waals surface area contributed by atoms with Crippen molar-refractivity contribution in [2.75, 3.05) is 19.6 Å². The summed E-state index contributed by atoms with van der Waals surface area (Å²) in [5.74, 6) is 0.941. The Labute approximate surface area is 120 Å². The van der Waals surface area contributed by atoms with Crippen LogP contribution in [0.1, 0.15) is 43.2 Å². The molecule has 1 aromatic rings. The van der Waals surface area contributed by atoms with Crippen LogP contribution in [0.25, 0.3) is 0 Å². The molecular formula is C15H25N3O2. The molecule has 20 heavy (non-hydrogen) atoms. The fraction of sp³-hybridized carbons (Fsp3) is 0.733. The predicted octanol–water partition coefficient (Wildman–Crippen LogP) is 1.82. The molecule has 2 heterocycles. The molecule has 1 N–H and O–H groups in total. The molecule has 0 radical (unpaired) electrons. The Kier molecular flexibility index (Phi) is 5.17. The Morgan fingerprint density at radius 1 is 1.50 bits per heavy atom. The SMILES string of the molecule is CCN1CCCC1CNC(=O)CCc1c(C)noc1C. The Bertz CT molecular complexity index is 436. The van der Waals surface area contributed by atoms with E-state index in [0.29, 0.717) is 18.9 Å². The van der Waals surface area contributed by atoms with Gasteiger partial charge in [0, 0.05) is 24.6 Å². The molecule has 2 rings (SSSR count). The van der Waals surface area contributed by atoms with Crippen molar-refractivity contribution in [2.24, 2.45) is 0 Å². The smallest absolute Gasteiger partial charge is 0.220 e. The number of carbonyl (C=O) groups excluding carboxylic acids is 1. The third kappa shape index (κ3) is 3.60. The maximum Gasteiger partial charge on any atom is 0.220 e. The third-order valence-corrected chi connectivity index (χ3v) is 4.22. The number of likely N-dealkylation sites (tertiary alicyclic amines) is 1. The van der Waals surface area contributed by atoms with Crippen molar-refractivity contribution in [2.45, 2.75) is 52.5 Å². The molecule has 1 aliphatic rings. The average Bonchev–Trinajstić information content (AvgIpc) is 3.01. The molecule has 1 fully saturated rings. The Morgan fingerprint density at radius 3 is 2.95 bits per heavy atom. The van der Waals surface area contributed by atoms with Crippen molar-refractivity contribution in [1.29, 1.82) is 0 Å². The van der Waals surface area contributed by atoms with Crippen LogP contribution < -0.4 is 5.32 Å². The summed E-state index contributed by atoms with van der Waals surface area (Å²) in [5, 5.41) is 6.97. The zero-order chi connectivity index (χ0) is 14.5. The van der Waals surface area contributed by atoms with Gasteiger partial charge in [-0.1, -0.05) is 12.1 Å². The molecular weight excluding hydrogens is 254 g/mol. The lowest BCUT2D eigenvalue weighted by molar-refractivity contribution is -0.121. The van der Waals surface area contributed by atoms with Gasteiger partial charge in [0.25, 0.3) is 0 Å². The second-order valence-corrected chi connectivity index (χ2v) is 5.53. The van der Waals surface area contributed by atoms with Crippen molar-refractivity contribution in [3.05, 3.63) is 17.0 Å². The molecule has 0 spiro atoms. The summed E-state index contributed by atoms with van der Waals surface area (Å²) in [5.41, 5.74) is 1.96. The van der Waals surface area contributed by atoms with Crippen LogP contribution in [-0.2, 0) is 11.2 Å². The van der Waals surface area contributed by atoms with Crippen LogP contribution in [0.15, 0.2) is 4.52 Å². The molecule has 1 saturated heterocycles. The van der Waals surface area contributed by atoms with E-state index in [1.54, 1.807) is 0 Å². The fourth-order valence-electron chi connectivity index (χ4n) is 2.96. The second-order valence-electron chi connectivity index (χ2n) is 5.53. The molecule has 1 aliphatic heterocycles. The molecule has 0 aliphatic carbocycles. The average molecular weight is 279 g/mol. The number of aryl methyl sites for hydroxylation is 2. The van der Waals surface area contributed by atoms with Gasteiger partial charge < -0.3 is 9.84 Å². The summed E-state index contributed by atoms with van der Waals surface area (Å²) in [6.07, 6.45) is 3.64. The van der Waals surface area contributed by atoms with Crippen LogP contribution in [0, 0.1) is 13.8 Å². The Balaban J connectivity index is 1.73. The molecule has 1 atom stereocenters. The zero-order valence-electron chi connectivity index (χ0n) is 12.7. The highest BCUT2D eigenvalue weighted by atomic mass is 16.5. The van der Waals surface area contributed by atoms with E-state index in [2.05, 4.69) is 22.3 Å². The van der Waals surface area contributed by atoms with Gasteiger partial charge in [0.05, 0.1) is 5.69 Å². The van der Waals surface area contributed by atoms with Crippen LogP contribution in [0.3, 0.4) is 0 Å². The number of amides is 1. The summed E-state index contributed by atoms with van der Waals surface area (Å²) in [7, 11) is 0. The van der Waals surface area contributed by atoms with E-state index in [1.165, 1.54) is 12.8 Å². The van der Waals surface area contributed by atoms with Gasteiger partial charge in [-0.3, -0.25) is 9.69 Å². The van der Waals surface area contributed by atoms with E-state index >= 15 is 0 Å². The van der Waals surface area contributed by atoms with Crippen LogP contribution >= 0.6 is 0 Å². The maximum absolute atomic E-state index is 11.9. The van der Waals surface area contributed by atoms with Gasteiger partial charge in [-0.15, -0.1) is 0 Å². The van der Waals surface area contributed by atoms with E-state index in [9.17, 15) is 4.79 Å². The van der Waals surface area contributed by atoms with E-state index in [0.717, 1.165) is 36.7 Å². The van der Waals surface area contributed by atoms with Crippen molar-refractivity contribution in [3.63, 3.8) is 0 Å². The lowest BCUT2D eigenvalue weighted by atomic mass is 10.1. The number of nitrogens with one attached hydrogen (secondary N) is 1. The van der Waals surface area contributed by atoms with Crippen molar-refractivity contribution in [3.8, 4) is 0 Å². The molecule has 0 saturated carbocycles. The fourth-order valence-corrected chi connectivity index (χ4v) is 2.96. The van der Waals surface area contributed by atoms with Gasteiger partial charge in [0.15, 0.2) is 0 Å². The van der Waals surface area contributed by atoms with E-state index in [4.69, 9.17) is 4.52 Å². The second kappa shape index (κ2) is 6.88. The summed E-state index contributed by atoms with van der Waals surface area (Å²) in [6, 6.07) is 0.517. The third-order valence-electron chi connectivity index (χ3n) is 4.22. The first-order valence-electron chi connectivity index (χ1n) is 7.54. The van der Waals surface area contributed by atoms with Gasteiger partial charge in [0.2, 0.25) is 5.91 Å². The molecule has 1 aromatic heterocycles. The number of likely N-dealkylation sites (N-methyl/N-ethyl adjacent to an activating group) is 1. The predicted molar refractivity (Wildman–Crippen MR) is 77.6 cm³/mol. The zero-order valence-corrected chi connectivity index (χ0v) is 12.7. The maximum atomic E-state index is 11.9. The molecule has 1 amide bonds. The number of nitrogens with zero attached hydrogens (tertiary/aromatic N) is 2. The standard InChI is InChI=1S/C15H25N3O2/c1-4-18-9-5-6-13(18)10-16-15(19)8-7-14-11(2)17-20-12(14)3/h13H,4-10H2,1-3H3,(H,16,19). The monoisotopic (exact) mass is 279 g/mol. The summed E-state index contributed by atoms with van der Waals surface area (Å²) in [6.45, 7) is 8.99. The van der Waals surface area contributed by atoms with E-state index in [-0.39, 0.29) is 5.91 Å². The molecule has 5 heteroatoms. The van der Waals surface area contributed by atoms with Gasteiger partial charge in [-0.25, -0.2) is 0 Å². The Hall–Kier alpha value is -1.36. The Morgan fingerprint density at radius 2 is 2.30 bits per heavy atom. The number of rotatable bonds is 6. The normalized spacial score (nSPS) is 19.4. The van der Waals surface area contributed by atoms with Gasteiger partial charge >= 0.3 is 0 Å². The summed E-state index contributed by atoms with van der Waals surface area (Å²) >= 11 is 0. The molecule has 0 bridgehead atoms. The highest BCUT2D eigenvalue weighted by Gasteiger charge is 2.23. The minimum atomic E-state index is 0.118. The van der Waals surface area contributed by atoms with E-state index in [1.807, 2.05) is 13.8 Å².